The van der Waals surface area contributed by atoms with Gasteiger partial charge in [0.25, 0.3) is 0 Å². The molecule has 0 aromatic carbocycles. The van der Waals surface area contributed by atoms with Crippen LogP contribution >= 0.6 is 0 Å². The molecule has 7 unspecified atom stereocenters. The van der Waals surface area contributed by atoms with Crippen LogP contribution in [0.25, 0.3) is 0 Å². The predicted molar refractivity (Wildman–Crippen MR) is 341 cm³/mol. The number of nitrogens with one attached hydrogen (secondary N) is 1. The molecule has 1 fully saturated rings. The van der Waals surface area contributed by atoms with Crippen molar-refractivity contribution in [1.82, 2.24) is 5.32 Å². The molecule has 0 aromatic heterocycles. The van der Waals surface area contributed by atoms with E-state index in [4.69, 9.17) is 9.47 Å². The molecule has 1 aliphatic rings. The second kappa shape index (κ2) is 60.3. The van der Waals surface area contributed by atoms with Gasteiger partial charge in [-0.3, -0.25) is 4.79 Å². The van der Waals surface area contributed by atoms with Gasteiger partial charge in [-0.05, 0) is 51.4 Å². The second-order valence-corrected chi connectivity index (χ2v) is 24.3. The molecule has 1 rings (SSSR count). The van der Waals surface area contributed by atoms with Crippen LogP contribution in [-0.2, 0) is 14.3 Å². The van der Waals surface area contributed by atoms with Crippen LogP contribution in [0.1, 0.15) is 341 Å². The van der Waals surface area contributed by atoms with Gasteiger partial charge in [0, 0.05) is 6.42 Å². The van der Waals surface area contributed by atoms with Crippen molar-refractivity contribution in [2.24, 2.45) is 0 Å². The summed E-state index contributed by atoms with van der Waals surface area (Å²) in [6.45, 7) is 3.77. The summed E-state index contributed by atoms with van der Waals surface area (Å²) in [4.78, 5) is 13.1. The maximum absolute atomic E-state index is 13.1. The lowest BCUT2D eigenvalue weighted by Crippen LogP contribution is -2.60. The van der Waals surface area contributed by atoms with E-state index < -0.39 is 49.5 Å². The van der Waals surface area contributed by atoms with Gasteiger partial charge in [-0.2, -0.15) is 0 Å². The minimum absolute atomic E-state index is 0.134. The molecule has 1 amide bonds. The van der Waals surface area contributed by atoms with Crippen molar-refractivity contribution in [1.29, 1.82) is 0 Å². The Morgan fingerprint density at radius 1 is 0.438 bits per heavy atom. The number of hydrogen-bond donors (Lipinski definition) is 6. The summed E-state index contributed by atoms with van der Waals surface area (Å²) in [6.07, 6.45) is 74.7. The Morgan fingerprint density at radius 2 is 0.775 bits per heavy atom. The predicted octanol–water partition coefficient (Wildman–Crippen LogP) is 18.8. The lowest BCUT2D eigenvalue weighted by Gasteiger charge is -2.40. The third-order valence-electron chi connectivity index (χ3n) is 16.7. The normalized spacial score (nSPS) is 18.7. The van der Waals surface area contributed by atoms with E-state index in [1.165, 1.54) is 250 Å². The molecule has 0 aromatic rings. The van der Waals surface area contributed by atoms with E-state index in [1.54, 1.807) is 0 Å². The first-order valence-corrected chi connectivity index (χ1v) is 34.8. The van der Waals surface area contributed by atoms with Gasteiger partial charge < -0.3 is 40.3 Å². The number of amides is 1. The Balaban J connectivity index is 2.06. The number of unbranched alkanes of at least 4 members (excludes halogenated alkanes) is 43. The molecule has 0 saturated carbocycles. The highest BCUT2D eigenvalue weighted by Crippen LogP contribution is 2.24. The summed E-state index contributed by atoms with van der Waals surface area (Å²) in [5.74, 6) is -0.137. The molecule has 80 heavy (non-hydrogen) atoms. The third-order valence-corrected chi connectivity index (χ3v) is 16.7. The largest absolute Gasteiger partial charge is 0.394 e. The number of hydrogen-bond acceptors (Lipinski definition) is 8. The van der Waals surface area contributed by atoms with Crippen molar-refractivity contribution in [3.63, 3.8) is 0 Å². The van der Waals surface area contributed by atoms with E-state index in [0.717, 1.165) is 64.2 Å². The van der Waals surface area contributed by atoms with Gasteiger partial charge in [0.1, 0.15) is 24.4 Å². The van der Waals surface area contributed by atoms with Crippen LogP contribution in [0.3, 0.4) is 0 Å². The molecule has 1 aliphatic heterocycles. The average molecular weight is 1130 g/mol. The number of ether oxygens (including phenoxy) is 2. The number of aliphatic hydroxyl groups is 5. The van der Waals surface area contributed by atoms with Crippen LogP contribution in [-0.4, -0.2) is 87.5 Å². The Bertz CT molecular complexity index is 1400. The first kappa shape index (κ1) is 76.2. The molecule has 7 atom stereocenters. The zero-order valence-electron chi connectivity index (χ0n) is 52.6. The first-order valence-electron chi connectivity index (χ1n) is 34.8. The van der Waals surface area contributed by atoms with E-state index in [1.807, 2.05) is 0 Å². The van der Waals surface area contributed by atoms with Gasteiger partial charge in [-0.15, -0.1) is 0 Å². The highest BCUT2D eigenvalue weighted by molar-refractivity contribution is 5.76. The summed E-state index contributed by atoms with van der Waals surface area (Å²) < 4.78 is 11.4. The van der Waals surface area contributed by atoms with Crippen molar-refractivity contribution in [2.45, 2.75) is 384 Å². The zero-order valence-corrected chi connectivity index (χ0v) is 52.6. The van der Waals surface area contributed by atoms with Crippen LogP contribution in [0.2, 0.25) is 0 Å². The van der Waals surface area contributed by atoms with Crippen molar-refractivity contribution < 1.29 is 39.8 Å². The smallest absolute Gasteiger partial charge is 0.220 e. The topological polar surface area (TPSA) is 149 Å². The molecule has 1 heterocycles. The van der Waals surface area contributed by atoms with Gasteiger partial charge in [0.05, 0.1) is 25.4 Å². The summed E-state index contributed by atoms with van der Waals surface area (Å²) in [5.41, 5.74) is 0. The van der Waals surface area contributed by atoms with E-state index >= 15 is 0 Å². The lowest BCUT2D eigenvalue weighted by atomic mass is 9.99. The fraction of sp³-hybridized carbons (Fsp3) is 0.873. The Labute approximate surface area is 494 Å². The van der Waals surface area contributed by atoms with Crippen LogP contribution < -0.4 is 5.32 Å². The van der Waals surface area contributed by atoms with E-state index in [-0.39, 0.29) is 12.5 Å². The summed E-state index contributed by atoms with van der Waals surface area (Å²) in [6, 6.07) is -0.718. The quantitative estimate of drug-likeness (QED) is 0.0261. The van der Waals surface area contributed by atoms with E-state index in [9.17, 15) is 30.3 Å². The third kappa shape index (κ3) is 48.5. The van der Waals surface area contributed by atoms with Crippen LogP contribution in [0, 0.1) is 0 Å². The summed E-state index contributed by atoms with van der Waals surface area (Å²) in [7, 11) is 0. The van der Waals surface area contributed by atoms with Crippen molar-refractivity contribution >= 4 is 5.91 Å². The van der Waals surface area contributed by atoms with E-state index in [2.05, 4.69) is 67.8 Å². The maximum atomic E-state index is 13.1. The number of allylic oxidation sites excluding steroid dienone is 8. The summed E-state index contributed by atoms with van der Waals surface area (Å²) >= 11 is 0. The minimum atomic E-state index is -1.55. The van der Waals surface area contributed by atoms with E-state index in [0.29, 0.717) is 12.8 Å². The molecule has 1 saturated heterocycles. The van der Waals surface area contributed by atoms with Crippen molar-refractivity contribution in [2.75, 3.05) is 13.2 Å². The number of rotatable bonds is 61. The van der Waals surface area contributed by atoms with Crippen LogP contribution in [0.5, 0.6) is 0 Å². The molecule has 9 nitrogen and oxygen atoms in total. The standard InChI is InChI=1S/C71H133NO8/c1-3-5-7-9-11-13-15-17-19-21-23-25-26-27-28-29-30-31-32-33-34-35-36-37-38-39-40-41-43-45-47-49-51-53-55-57-59-61-67(75)72-64(63-79-71-70(78)69(77)68(76)66(62-73)80-71)65(74)60-58-56-54-52-50-48-46-44-42-24-22-20-18-16-14-12-10-8-6-4-2/h5,7,11,13,17,19,23,25,64-66,68-71,73-74,76-78H,3-4,6,8-10,12,14-16,18,20-22,24,26-63H2,1-2H3,(H,72,75)/b7-5-,13-11-,19-17-,25-23-. The Kier molecular flexibility index (Phi) is 57.4. The maximum Gasteiger partial charge on any atom is 0.220 e. The first-order chi connectivity index (χ1) is 39.3. The number of carbonyl (C=O) groups is 1. The second-order valence-electron chi connectivity index (χ2n) is 24.3. The Hall–Kier alpha value is -1.85. The lowest BCUT2D eigenvalue weighted by molar-refractivity contribution is -0.302. The monoisotopic (exact) mass is 1130 g/mol. The summed E-state index contributed by atoms with van der Waals surface area (Å²) in [5, 5.41) is 54.9. The van der Waals surface area contributed by atoms with Crippen molar-refractivity contribution in [3.8, 4) is 0 Å². The van der Waals surface area contributed by atoms with Gasteiger partial charge in [0.15, 0.2) is 6.29 Å². The molecule has 470 valence electrons. The van der Waals surface area contributed by atoms with Crippen LogP contribution in [0.4, 0.5) is 0 Å². The molecule has 0 bridgehead atoms. The van der Waals surface area contributed by atoms with Gasteiger partial charge in [-0.25, -0.2) is 0 Å². The van der Waals surface area contributed by atoms with Crippen molar-refractivity contribution in [3.05, 3.63) is 48.6 Å². The number of carbonyl (C=O) groups excluding carboxylic acids is 1. The van der Waals surface area contributed by atoms with Crippen LogP contribution in [0.15, 0.2) is 48.6 Å². The Morgan fingerprint density at radius 3 is 1.15 bits per heavy atom. The molecule has 0 radical (unpaired) electrons. The molecule has 6 N–H and O–H groups in total. The van der Waals surface area contributed by atoms with Gasteiger partial charge in [-0.1, -0.05) is 332 Å². The highest BCUT2D eigenvalue weighted by atomic mass is 16.7. The molecule has 9 heteroatoms. The average Bonchev–Trinajstić information content (AvgIpc) is 3.46. The zero-order chi connectivity index (χ0) is 57.9. The SMILES string of the molecule is CC/C=C\C/C=C\C/C=C\C/C=C\CCCCCCCCCCCCCCCCCCCCCCCCCCC(=O)NC(COC1OC(CO)C(O)C(O)C1O)C(O)CCCCCCCCCCCCCCCCCCCCCC. The van der Waals surface area contributed by atoms with Gasteiger partial charge in [0.2, 0.25) is 5.91 Å². The fourth-order valence-corrected chi connectivity index (χ4v) is 11.3. The minimum Gasteiger partial charge on any atom is -0.394 e. The molecule has 0 aliphatic carbocycles. The fourth-order valence-electron chi connectivity index (χ4n) is 11.3. The van der Waals surface area contributed by atoms with Gasteiger partial charge >= 0.3 is 0 Å². The molecular formula is C71H133NO8. The molecular weight excluding hydrogens is 995 g/mol. The molecule has 0 spiro atoms. The highest BCUT2D eigenvalue weighted by Gasteiger charge is 2.44. The number of aliphatic hydroxyl groups excluding tert-OH is 5.